The van der Waals surface area contributed by atoms with E-state index in [2.05, 4.69) is 5.32 Å². The van der Waals surface area contributed by atoms with Gasteiger partial charge in [-0.3, -0.25) is 4.79 Å². The standard InChI is InChI=1S/C13H20N2O2/c1-4-15-13(16)10(3)17-12-7-5-11(6-8-12)9(2)14/h5-10H,4,14H2,1-3H3,(H,15,16)/t9-,10?/m1/s1. The Balaban J connectivity index is 2.60. The molecule has 1 aromatic rings. The molecular formula is C13H20N2O2. The first kappa shape index (κ1) is 13.5. The lowest BCUT2D eigenvalue weighted by atomic mass is 10.1. The zero-order valence-electron chi connectivity index (χ0n) is 10.6. The van der Waals surface area contributed by atoms with Gasteiger partial charge < -0.3 is 15.8 Å². The van der Waals surface area contributed by atoms with Crippen LogP contribution in [0.15, 0.2) is 24.3 Å². The fourth-order valence-electron chi connectivity index (χ4n) is 1.43. The number of nitrogens with two attached hydrogens (primary N) is 1. The molecule has 0 heterocycles. The summed E-state index contributed by atoms with van der Waals surface area (Å²) in [4.78, 5) is 11.5. The molecule has 0 saturated carbocycles. The van der Waals surface area contributed by atoms with Gasteiger partial charge in [-0.2, -0.15) is 0 Å². The van der Waals surface area contributed by atoms with E-state index in [0.717, 1.165) is 5.56 Å². The fourth-order valence-corrected chi connectivity index (χ4v) is 1.43. The van der Waals surface area contributed by atoms with Crippen molar-refractivity contribution in [2.24, 2.45) is 5.73 Å². The van der Waals surface area contributed by atoms with Crippen LogP contribution in [0.5, 0.6) is 5.75 Å². The van der Waals surface area contributed by atoms with Crippen LogP contribution in [0, 0.1) is 0 Å². The number of likely N-dealkylation sites (N-methyl/N-ethyl adjacent to an activating group) is 1. The Hall–Kier alpha value is -1.55. The highest BCUT2D eigenvalue weighted by molar-refractivity contribution is 5.80. The van der Waals surface area contributed by atoms with Crippen LogP contribution in [0.3, 0.4) is 0 Å². The molecular weight excluding hydrogens is 216 g/mol. The molecule has 2 atom stereocenters. The average molecular weight is 236 g/mol. The minimum Gasteiger partial charge on any atom is -0.481 e. The molecule has 17 heavy (non-hydrogen) atoms. The van der Waals surface area contributed by atoms with Gasteiger partial charge in [-0.1, -0.05) is 12.1 Å². The van der Waals surface area contributed by atoms with Crippen LogP contribution < -0.4 is 15.8 Å². The van der Waals surface area contributed by atoms with Crippen molar-refractivity contribution in [3.63, 3.8) is 0 Å². The molecule has 0 spiro atoms. The van der Waals surface area contributed by atoms with Gasteiger partial charge in [0.2, 0.25) is 0 Å². The number of amides is 1. The highest BCUT2D eigenvalue weighted by Gasteiger charge is 2.13. The normalized spacial score (nSPS) is 13.9. The summed E-state index contributed by atoms with van der Waals surface area (Å²) in [5.41, 5.74) is 6.79. The topological polar surface area (TPSA) is 64.3 Å². The van der Waals surface area contributed by atoms with Crippen LogP contribution in [0.4, 0.5) is 0 Å². The third kappa shape index (κ3) is 4.07. The molecule has 0 aliphatic rings. The summed E-state index contributed by atoms with van der Waals surface area (Å²) in [6, 6.07) is 7.47. The van der Waals surface area contributed by atoms with Crippen LogP contribution in [0.1, 0.15) is 32.4 Å². The Morgan fingerprint density at radius 2 is 1.94 bits per heavy atom. The van der Waals surface area contributed by atoms with E-state index in [1.807, 2.05) is 38.1 Å². The molecule has 0 fully saturated rings. The second-order valence-corrected chi connectivity index (χ2v) is 4.01. The molecule has 3 N–H and O–H groups in total. The van der Waals surface area contributed by atoms with Gasteiger partial charge in [-0.25, -0.2) is 0 Å². The van der Waals surface area contributed by atoms with Gasteiger partial charge in [0.25, 0.3) is 5.91 Å². The number of carbonyl (C=O) groups excluding carboxylic acids is 1. The molecule has 0 aliphatic heterocycles. The zero-order chi connectivity index (χ0) is 12.8. The maximum Gasteiger partial charge on any atom is 0.260 e. The number of ether oxygens (including phenoxy) is 1. The summed E-state index contributed by atoms with van der Waals surface area (Å²) in [5, 5.41) is 2.71. The maximum atomic E-state index is 11.5. The van der Waals surface area contributed by atoms with E-state index in [1.165, 1.54) is 0 Å². The summed E-state index contributed by atoms with van der Waals surface area (Å²) < 4.78 is 5.51. The lowest BCUT2D eigenvalue weighted by Crippen LogP contribution is -2.36. The summed E-state index contributed by atoms with van der Waals surface area (Å²) in [6.07, 6.45) is -0.490. The number of carbonyl (C=O) groups is 1. The van der Waals surface area contributed by atoms with Crippen molar-refractivity contribution in [2.45, 2.75) is 32.9 Å². The third-order valence-corrected chi connectivity index (χ3v) is 2.44. The van der Waals surface area contributed by atoms with E-state index >= 15 is 0 Å². The summed E-state index contributed by atoms with van der Waals surface area (Å²) in [7, 11) is 0. The molecule has 4 nitrogen and oxygen atoms in total. The SMILES string of the molecule is CCNC(=O)C(C)Oc1ccc([C@@H](C)N)cc1. The van der Waals surface area contributed by atoms with E-state index in [9.17, 15) is 4.79 Å². The summed E-state index contributed by atoms with van der Waals surface area (Å²) in [5.74, 6) is 0.567. The summed E-state index contributed by atoms with van der Waals surface area (Å²) >= 11 is 0. The number of hydrogen-bond donors (Lipinski definition) is 2. The lowest BCUT2D eigenvalue weighted by Gasteiger charge is -2.14. The molecule has 0 radical (unpaired) electrons. The van der Waals surface area contributed by atoms with Crippen molar-refractivity contribution >= 4 is 5.91 Å². The van der Waals surface area contributed by atoms with Crippen LogP contribution in [0.2, 0.25) is 0 Å². The van der Waals surface area contributed by atoms with Gasteiger partial charge >= 0.3 is 0 Å². The predicted octanol–water partition coefficient (Wildman–Crippen LogP) is 1.61. The maximum absolute atomic E-state index is 11.5. The Morgan fingerprint density at radius 1 is 1.35 bits per heavy atom. The van der Waals surface area contributed by atoms with Crippen molar-refractivity contribution in [2.75, 3.05) is 6.54 Å². The molecule has 0 bridgehead atoms. The largest absolute Gasteiger partial charge is 0.481 e. The molecule has 94 valence electrons. The van der Waals surface area contributed by atoms with Gasteiger partial charge in [0.1, 0.15) is 5.75 Å². The highest BCUT2D eigenvalue weighted by atomic mass is 16.5. The highest BCUT2D eigenvalue weighted by Crippen LogP contribution is 2.17. The molecule has 0 aromatic heterocycles. The van der Waals surface area contributed by atoms with Crippen molar-refractivity contribution < 1.29 is 9.53 Å². The molecule has 4 heteroatoms. The minimum absolute atomic E-state index is 0.00450. The molecule has 1 rings (SSSR count). The smallest absolute Gasteiger partial charge is 0.260 e. The van der Waals surface area contributed by atoms with Crippen LogP contribution >= 0.6 is 0 Å². The Bertz CT molecular complexity index is 360. The van der Waals surface area contributed by atoms with Crippen molar-refractivity contribution in [1.29, 1.82) is 0 Å². The van der Waals surface area contributed by atoms with Gasteiger partial charge in [-0.05, 0) is 38.5 Å². The average Bonchev–Trinajstić information content (AvgIpc) is 2.30. The van der Waals surface area contributed by atoms with Crippen LogP contribution in [-0.4, -0.2) is 18.6 Å². The number of benzene rings is 1. The molecule has 1 aromatic carbocycles. The second-order valence-electron chi connectivity index (χ2n) is 4.01. The van der Waals surface area contributed by atoms with E-state index in [0.29, 0.717) is 12.3 Å². The third-order valence-electron chi connectivity index (χ3n) is 2.44. The molecule has 0 saturated heterocycles. The van der Waals surface area contributed by atoms with Gasteiger partial charge in [0.05, 0.1) is 0 Å². The number of hydrogen-bond acceptors (Lipinski definition) is 3. The number of nitrogens with one attached hydrogen (secondary N) is 1. The molecule has 1 amide bonds. The fraction of sp³-hybridized carbons (Fsp3) is 0.462. The van der Waals surface area contributed by atoms with E-state index < -0.39 is 6.10 Å². The predicted molar refractivity (Wildman–Crippen MR) is 67.8 cm³/mol. The van der Waals surface area contributed by atoms with Gasteiger partial charge in [0.15, 0.2) is 6.10 Å². The first-order valence-corrected chi connectivity index (χ1v) is 5.84. The lowest BCUT2D eigenvalue weighted by molar-refractivity contribution is -0.127. The van der Waals surface area contributed by atoms with Crippen molar-refractivity contribution in [3.05, 3.63) is 29.8 Å². The van der Waals surface area contributed by atoms with Gasteiger partial charge in [-0.15, -0.1) is 0 Å². The Labute approximate surface area is 102 Å². The first-order chi connectivity index (χ1) is 8.04. The Morgan fingerprint density at radius 3 is 2.41 bits per heavy atom. The van der Waals surface area contributed by atoms with Crippen LogP contribution in [0.25, 0.3) is 0 Å². The van der Waals surface area contributed by atoms with E-state index in [4.69, 9.17) is 10.5 Å². The molecule has 0 aliphatic carbocycles. The quantitative estimate of drug-likeness (QED) is 0.816. The number of rotatable bonds is 5. The van der Waals surface area contributed by atoms with E-state index in [1.54, 1.807) is 6.92 Å². The Kier molecular flexibility index (Phi) is 4.97. The monoisotopic (exact) mass is 236 g/mol. The summed E-state index contributed by atoms with van der Waals surface area (Å²) in [6.45, 7) is 6.13. The first-order valence-electron chi connectivity index (χ1n) is 5.84. The second kappa shape index (κ2) is 6.25. The van der Waals surface area contributed by atoms with Gasteiger partial charge in [0, 0.05) is 12.6 Å². The minimum atomic E-state index is -0.490. The van der Waals surface area contributed by atoms with Crippen molar-refractivity contribution in [1.82, 2.24) is 5.32 Å². The van der Waals surface area contributed by atoms with E-state index in [-0.39, 0.29) is 11.9 Å². The van der Waals surface area contributed by atoms with Crippen LogP contribution in [-0.2, 0) is 4.79 Å². The van der Waals surface area contributed by atoms with Crippen molar-refractivity contribution in [3.8, 4) is 5.75 Å². The molecule has 1 unspecified atom stereocenters. The zero-order valence-corrected chi connectivity index (χ0v) is 10.6.